The van der Waals surface area contributed by atoms with Crippen LogP contribution in [-0.4, -0.2) is 27.3 Å². The lowest BCUT2D eigenvalue weighted by Crippen LogP contribution is -2.31. The molecule has 1 aromatic carbocycles. The Balaban J connectivity index is 1.72. The Morgan fingerprint density at radius 2 is 2.19 bits per heavy atom. The SMILES string of the molecule is CCOc1ccccc1NC(=O)C1=C(C)Nc2ncnn2[C@H]1c1ccco1. The first kappa shape index (κ1) is 16.9. The van der Waals surface area contributed by atoms with E-state index in [1.807, 2.05) is 38.1 Å². The molecule has 8 nitrogen and oxygen atoms in total. The molecule has 4 rings (SSSR count). The van der Waals surface area contributed by atoms with Crippen LogP contribution in [0.1, 0.15) is 25.6 Å². The van der Waals surface area contributed by atoms with Crippen LogP contribution in [0.5, 0.6) is 5.75 Å². The van der Waals surface area contributed by atoms with Gasteiger partial charge in [0.05, 0.1) is 24.1 Å². The highest BCUT2D eigenvalue weighted by atomic mass is 16.5. The molecule has 2 N–H and O–H groups in total. The molecule has 0 unspecified atom stereocenters. The van der Waals surface area contributed by atoms with Crippen molar-refractivity contribution in [3.05, 3.63) is 66.0 Å². The number of anilines is 2. The largest absolute Gasteiger partial charge is 0.492 e. The van der Waals surface area contributed by atoms with Crippen molar-refractivity contribution in [3.8, 4) is 5.75 Å². The van der Waals surface area contributed by atoms with Crippen LogP contribution >= 0.6 is 0 Å². The normalized spacial score (nSPS) is 15.9. The summed E-state index contributed by atoms with van der Waals surface area (Å²) in [5.41, 5.74) is 1.78. The Kier molecular flexibility index (Phi) is 4.37. The van der Waals surface area contributed by atoms with Gasteiger partial charge in [0.1, 0.15) is 23.9 Å². The van der Waals surface area contributed by atoms with E-state index in [0.29, 0.717) is 41.0 Å². The average molecular weight is 365 g/mol. The van der Waals surface area contributed by atoms with Gasteiger partial charge in [-0.1, -0.05) is 12.1 Å². The van der Waals surface area contributed by atoms with Crippen molar-refractivity contribution >= 4 is 17.5 Å². The van der Waals surface area contributed by atoms with Crippen LogP contribution in [0.2, 0.25) is 0 Å². The van der Waals surface area contributed by atoms with Gasteiger partial charge in [0, 0.05) is 5.70 Å². The molecule has 27 heavy (non-hydrogen) atoms. The maximum atomic E-state index is 13.2. The van der Waals surface area contributed by atoms with Gasteiger partial charge in [0.2, 0.25) is 5.95 Å². The van der Waals surface area contributed by atoms with Crippen LogP contribution in [-0.2, 0) is 4.79 Å². The Bertz CT molecular complexity index is 990. The molecule has 0 radical (unpaired) electrons. The predicted octanol–water partition coefficient (Wildman–Crippen LogP) is 3.20. The summed E-state index contributed by atoms with van der Waals surface area (Å²) in [6, 6.07) is 10.4. The Morgan fingerprint density at radius 3 is 2.96 bits per heavy atom. The zero-order valence-corrected chi connectivity index (χ0v) is 15.0. The molecule has 0 fully saturated rings. The first-order chi connectivity index (χ1) is 13.2. The lowest BCUT2D eigenvalue weighted by atomic mass is 10.00. The minimum atomic E-state index is -0.516. The molecule has 2 aromatic heterocycles. The molecule has 138 valence electrons. The molecular formula is C19H19N5O3. The van der Waals surface area contributed by atoms with Gasteiger partial charge in [-0.3, -0.25) is 4.79 Å². The Hall–Kier alpha value is -3.55. The molecule has 1 aliphatic heterocycles. The number of fused-ring (bicyclic) bond motifs is 1. The zero-order valence-electron chi connectivity index (χ0n) is 15.0. The van der Waals surface area contributed by atoms with Crippen LogP contribution < -0.4 is 15.4 Å². The van der Waals surface area contributed by atoms with Crippen molar-refractivity contribution in [1.82, 2.24) is 14.8 Å². The summed E-state index contributed by atoms with van der Waals surface area (Å²) in [5.74, 6) is 1.51. The van der Waals surface area contributed by atoms with Crippen molar-refractivity contribution in [1.29, 1.82) is 0 Å². The Morgan fingerprint density at radius 1 is 1.33 bits per heavy atom. The van der Waals surface area contributed by atoms with Gasteiger partial charge in [-0.25, -0.2) is 4.68 Å². The van der Waals surface area contributed by atoms with E-state index in [1.54, 1.807) is 23.1 Å². The summed E-state index contributed by atoms with van der Waals surface area (Å²) >= 11 is 0. The van der Waals surface area contributed by atoms with Crippen LogP contribution in [0, 0.1) is 0 Å². The molecular weight excluding hydrogens is 346 g/mol. The molecule has 1 amide bonds. The van der Waals surface area contributed by atoms with E-state index in [0.717, 1.165) is 0 Å². The second-order valence-corrected chi connectivity index (χ2v) is 5.99. The fraction of sp³-hybridized carbons (Fsp3) is 0.211. The molecule has 0 aliphatic carbocycles. The lowest BCUT2D eigenvalue weighted by Gasteiger charge is -2.27. The van der Waals surface area contributed by atoms with E-state index in [9.17, 15) is 4.79 Å². The summed E-state index contributed by atoms with van der Waals surface area (Å²) in [5, 5.41) is 10.3. The van der Waals surface area contributed by atoms with Crippen molar-refractivity contribution in [2.24, 2.45) is 0 Å². The fourth-order valence-electron chi connectivity index (χ4n) is 3.14. The number of benzene rings is 1. The number of aromatic nitrogens is 3. The highest BCUT2D eigenvalue weighted by Crippen LogP contribution is 2.36. The number of amides is 1. The van der Waals surface area contributed by atoms with Gasteiger partial charge >= 0.3 is 0 Å². The zero-order chi connectivity index (χ0) is 18.8. The summed E-state index contributed by atoms with van der Waals surface area (Å²) in [7, 11) is 0. The third kappa shape index (κ3) is 3.05. The molecule has 0 spiro atoms. The molecule has 8 heteroatoms. The van der Waals surface area contributed by atoms with Crippen molar-refractivity contribution in [3.63, 3.8) is 0 Å². The first-order valence-corrected chi connectivity index (χ1v) is 8.63. The number of hydrogen-bond acceptors (Lipinski definition) is 6. The monoisotopic (exact) mass is 365 g/mol. The second kappa shape index (κ2) is 6.99. The first-order valence-electron chi connectivity index (χ1n) is 8.63. The predicted molar refractivity (Wildman–Crippen MR) is 99.4 cm³/mol. The van der Waals surface area contributed by atoms with E-state index in [1.165, 1.54) is 6.33 Å². The van der Waals surface area contributed by atoms with Crippen LogP contribution in [0.3, 0.4) is 0 Å². The molecule has 1 aliphatic rings. The van der Waals surface area contributed by atoms with Gasteiger partial charge in [-0.15, -0.1) is 0 Å². The van der Waals surface area contributed by atoms with Gasteiger partial charge < -0.3 is 19.8 Å². The number of carbonyl (C=O) groups is 1. The number of ether oxygens (including phenoxy) is 1. The molecule has 3 aromatic rings. The van der Waals surface area contributed by atoms with Gasteiger partial charge in [0.25, 0.3) is 5.91 Å². The van der Waals surface area contributed by atoms with Crippen molar-refractivity contribution in [2.45, 2.75) is 19.9 Å². The van der Waals surface area contributed by atoms with E-state index in [4.69, 9.17) is 9.15 Å². The lowest BCUT2D eigenvalue weighted by molar-refractivity contribution is -0.113. The van der Waals surface area contributed by atoms with E-state index in [-0.39, 0.29) is 5.91 Å². The highest BCUT2D eigenvalue weighted by molar-refractivity contribution is 6.06. The molecule has 0 saturated heterocycles. The van der Waals surface area contributed by atoms with Gasteiger partial charge in [-0.2, -0.15) is 10.1 Å². The van der Waals surface area contributed by atoms with E-state index in [2.05, 4.69) is 20.7 Å². The van der Waals surface area contributed by atoms with Crippen LogP contribution in [0.25, 0.3) is 0 Å². The quantitative estimate of drug-likeness (QED) is 0.721. The number of nitrogens with zero attached hydrogens (tertiary/aromatic N) is 3. The standard InChI is InChI=1S/C19H19N5O3/c1-3-26-14-8-5-4-7-13(14)23-18(25)16-12(2)22-19-20-11-21-24(19)17(16)15-9-6-10-27-15/h4-11,17H,3H2,1-2H3,(H,23,25)(H,20,21,22)/t17-/m0/s1. The third-order valence-electron chi connectivity index (χ3n) is 4.29. The Labute approximate surface area is 155 Å². The van der Waals surface area contributed by atoms with E-state index >= 15 is 0 Å². The number of allylic oxidation sites excluding steroid dienone is 1. The van der Waals surface area contributed by atoms with Gasteiger partial charge in [-0.05, 0) is 38.1 Å². The number of hydrogen-bond donors (Lipinski definition) is 2. The molecule has 0 saturated carbocycles. The maximum Gasteiger partial charge on any atom is 0.256 e. The van der Waals surface area contributed by atoms with Crippen molar-refractivity contribution in [2.75, 3.05) is 17.2 Å². The van der Waals surface area contributed by atoms with Crippen molar-refractivity contribution < 1.29 is 13.9 Å². The second-order valence-electron chi connectivity index (χ2n) is 5.99. The van der Waals surface area contributed by atoms with Gasteiger partial charge in [0.15, 0.2) is 0 Å². The van der Waals surface area contributed by atoms with E-state index < -0.39 is 6.04 Å². The minimum absolute atomic E-state index is 0.269. The number of para-hydroxylation sites is 2. The molecule has 1 atom stereocenters. The maximum absolute atomic E-state index is 13.2. The number of furan rings is 1. The summed E-state index contributed by atoms with van der Waals surface area (Å²) in [6.45, 7) is 4.24. The average Bonchev–Trinajstić information content (AvgIpc) is 3.33. The number of nitrogens with one attached hydrogen (secondary N) is 2. The number of rotatable bonds is 5. The summed E-state index contributed by atoms with van der Waals surface area (Å²) in [4.78, 5) is 17.4. The van der Waals surface area contributed by atoms with Crippen LogP contribution in [0.4, 0.5) is 11.6 Å². The smallest absolute Gasteiger partial charge is 0.256 e. The summed E-state index contributed by atoms with van der Waals surface area (Å²) < 4.78 is 12.8. The fourth-order valence-corrected chi connectivity index (χ4v) is 3.14. The molecule has 0 bridgehead atoms. The summed E-state index contributed by atoms with van der Waals surface area (Å²) in [6.07, 6.45) is 3.01. The van der Waals surface area contributed by atoms with Crippen LogP contribution in [0.15, 0.2) is 64.7 Å². The third-order valence-corrected chi connectivity index (χ3v) is 4.29. The topological polar surface area (TPSA) is 94.2 Å². The minimum Gasteiger partial charge on any atom is -0.492 e. The number of carbonyl (C=O) groups excluding carboxylic acids is 1. The highest BCUT2D eigenvalue weighted by Gasteiger charge is 2.35. The molecule has 3 heterocycles.